The van der Waals surface area contributed by atoms with Crippen LogP contribution in [-0.4, -0.2) is 26.3 Å². The standard InChI is InChI=1S/C14H15BrN2O4S/c1-9(10-3-5-11(6-4-10)22(16,19)20)17(2)14(18)12-7-8-13(15)21-12/h3-9H,1-2H3,(H2,16,19,20). The topological polar surface area (TPSA) is 93.6 Å². The van der Waals surface area contributed by atoms with Gasteiger partial charge >= 0.3 is 0 Å². The molecule has 2 aromatic rings. The molecule has 0 saturated carbocycles. The van der Waals surface area contributed by atoms with E-state index in [9.17, 15) is 13.2 Å². The molecule has 1 atom stereocenters. The molecular weight excluding hydrogens is 372 g/mol. The van der Waals surface area contributed by atoms with Gasteiger partial charge in [-0.2, -0.15) is 0 Å². The highest BCUT2D eigenvalue weighted by Crippen LogP contribution is 2.23. The zero-order valence-corrected chi connectivity index (χ0v) is 14.4. The number of hydrogen-bond acceptors (Lipinski definition) is 4. The van der Waals surface area contributed by atoms with Crippen molar-refractivity contribution in [3.63, 3.8) is 0 Å². The molecule has 1 heterocycles. The minimum absolute atomic E-state index is 0.0346. The van der Waals surface area contributed by atoms with Gasteiger partial charge in [0.2, 0.25) is 10.0 Å². The average molecular weight is 387 g/mol. The van der Waals surface area contributed by atoms with E-state index in [2.05, 4.69) is 15.9 Å². The smallest absolute Gasteiger partial charge is 0.289 e. The van der Waals surface area contributed by atoms with E-state index in [1.54, 1.807) is 31.3 Å². The molecule has 1 aromatic heterocycles. The summed E-state index contributed by atoms with van der Waals surface area (Å²) in [5.74, 6) is -0.0453. The number of carbonyl (C=O) groups excluding carboxylic acids is 1. The molecule has 0 fully saturated rings. The van der Waals surface area contributed by atoms with E-state index in [0.29, 0.717) is 4.67 Å². The first-order valence-corrected chi connectivity index (χ1v) is 8.69. The minimum Gasteiger partial charge on any atom is -0.444 e. The third-order valence-electron chi connectivity index (χ3n) is 3.38. The summed E-state index contributed by atoms with van der Waals surface area (Å²) in [6.45, 7) is 1.84. The summed E-state index contributed by atoms with van der Waals surface area (Å²) < 4.78 is 28.2. The van der Waals surface area contributed by atoms with Crippen LogP contribution in [0.4, 0.5) is 0 Å². The Morgan fingerprint density at radius 3 is 2.27 bits per heavy atom. The monoisotopic (exact) mass is 386 g/mol. The number of sulfonamides is 1. The van der Waals surface area contributed by atoms with Crippen LogP contribution in [0.25, 0.3) is 0 Å². The molecule has 0 aliphatic carbocycles. The molecule has 0 radical (unpaired) electrons. The fourth-order valence-electron chi connectivity index (χ4n) is 1.94. The summed E-state index contributed by atoms with van der Waals surface area (Å²) in [6, 6.07) is 9.07. The lowest BCUT2D eigenvalue weighted by atomic mass is 10.1. The lowest BCUT2D eigenvalue weighted by molar-refractivity contribution is 0.0709. The summed E-state index contributed by atoms with van der Waals surface area (Å²) in [5.41, 5.74) is 0.786. The number of benzene rings is 1. The van der Waals surface area contributed by atoms with Gasteiger partial charge < -0.3 is 9.32 Å². The quantitative estimate of drug-likeness (QED) is 0.873. The fourth-order valence-corrected chi connectivity index (χ4v) is 2.76. The van der Waals surface area contributed by atoms with Gasteiger partial charge in [-0.3, -0.25) is 4.79 Å². The van der Waals surface area contributed by atoms with Crippen molar-refractivity contribution in [2.75, 3.05) is 7.05 Å². The minimum atomic E-state index is -3.72. The predicted octanol–water partition coefficient (Wildman–Crippen LogP) is 2.52. The third-order valence-corrected chi connectivity index (χ3v) is 4.73. The van der Waals surface area contributed by atoms with Crippen molar-refractivity contribution < 1.29 is 17.6 Å². The molecule has 2 rings (SSSR count). The molecule has 118 valence electrons. The van der Waals surface area contributed by atoms with E-state index in [-0.39, 0.29) is 22.6 Å². The number of nitrogens with zero attached hydrogens (tertiary/aromatic N) is 1. The highest BCUT2D eigenvalue weighted by Gasteiger charge is 2.21. The number of furan rings is 1. The second-order valence-electron chi connectivity index (χ2n) is 4.81. The van der Waals surface area contributed by atoms with Gasteiger partial charge in [0.1, 0.15) is 0 Å². The van der Waals surface area contributed by atoms with Crippen LogP contribution in [-0.2, 0) is 10.0 Å². The van der Waals surface area contributed by atoms with E-state index in [4.69, 9.17) is 9.56 Å². The van der Waals surface area contributed by atoms with E-state index in [0.717, 1.165) is 5.56 Å². The van der Waals surface area contributed by atoms with Gasteiger partial charge in [-0.1, -0.05) is 12.1 Å². The van der Waals surface area contributed by atoms with Gasteiger partial charge in [-0.05, 0) is 52.7 Å². The maximum atomic E-state index is 12.3. The maximum Gasteiger partial charge on any atom is 0.289 e. The molecule has 8 heteroatoms. The first-order chi connectivity index (χ1) is 10.2. The Bertz CT molecular complexity index is 783. The van der Waals surface area contributed by atoms with Gasteiger partial charge in [-0.25, -0.2) is 13.6 Å². The van der Waals surface area contributed by atoms with Crippen molar-refractivity contribution in [2.45, 2.75) is 17.9 Å². The number of nitrogens with two attached hydrogens (primary N) is 1. The Labute approximate surface area is 137 Å². The molecule has 0 aliphatic rings. The SMILES string of the molecule is CC(c1ccc(S(N)(=O)=O)cc1)N(C)C(=O)c1ccc(Br)o1. The fraction of sp³-hybridized carbons (Fsp3) is 0.214. The van der Waals surface area contributed by atoms with Gasteiger partial charge in [0.25, 0.3) is 5.91 Å². The molecule has 22 heavy (non-hydrogen) atoms. The number of amides is 1. The maximum absolute atomic E-state index is 12.3. The summed E-state index contributed by atoms with van der Waals surface area (Å²) in [6.07, 6.45) is 0. The van der Waals surface area contributed by atoms with Crippen LogP contribution in [0, 0.1) is 0 Å². The Morgan fingerprint density at radius 2 is 1.82 bits per heavy atom. The number of carbonyl (C=O) groups is 1. The normalized spacial score (nSPS) is 12.9. The lowest BCUT2D eigenvalue weighted by Crippen LogP contribution is -2.29. The van der Waals surface area contributed by atoms with Crippen LogP contribution >= 0.6 is 15.9 Å². The zero-order chi connectivity index (χ0) is 16.5. The molecule has 1 unspecified atom stereocenters. The number of primary sulfonamides is 1. The van der Waals surface area contributed by atoms with Gasteiger partial charge in [0, 0.05) is 7.05 Å². The van der Waals surface area contributed by atoms with Crippen molar-refractivity contribution in [1.29, 1.82) is 0 Å². The summed E-state index contributed by atoms with van der Waals surface area (Å²) >= 11 is 3.15. The molecule has 0 aliphatic heterocycles. The second kappa shape index (κ2) is 6.23. The van der Waals surface area contributed by atoms with Crippen molar-refractivity contribution in [2.24, 2.45) is 5.14 Å². The lowest BCUT2D eigenvalue weighted by Gasteiger charge is -2.24. The molecule has 6 nitrogen and oxygen atoms in total. The van der Waals surface area contributed by atoms with Crippen LogP contribution in [0.3, 0.4) is 0 Å². The van der Waals surface area contributed by atoms with Crippen molar-refractivity contribution in [3.8, 4) is 0 Å². The van der Waals surface area contributed by atoms with Gasteiger partial charge in [-0.15, -0.1) is 0 Å². The number of halogens is 1. The van der Waals surface area contributed by atoms with E-state index >= 15 is 0 Å². The van der Waals surface area contributed by atoms with Crippen LogP contribution < -0.4 is 5.14 Å². The summed E-state index contributed by atoms with van der Waals surface area (Å²) in [4.78, 5) is 13.8. The van der Waals surface area contributed by atoms with Crippen LogP contribution in [0.15, 0.2) is 50.4 Å². The number of rotatable bonds is 4. The molecule has 0 bridgehead atoms. The van der Waals surface area contributed by atoms with Gasteiger partial charge in [0.15, 0.2) is 10.4 Å². The Kier molecular flexibility index (Phi) is 4.74. The third kappa shape index (κ3) is 3.57. The second-order valence-corrected chi connectivity index (χ2v) is 7.15. The van der Waals surface area contributed by atoms with Crippen molar-refractivity contribution in [3.05, 3.63) is 52.4 Å². The Balaban J connectivity index is 2.20. The summed E-state index contributed by atoms with van der Waals surface area (Å²) in [5, 5.41) is 5.06. The first kappa shape index (κ1) is 16.7. The first-order valence-electron chi connectivity index (χ1n) is 6.35. The number of hydrogen-bond donors (Lipinski definition) is 1. The molecular formula is C14H15BrN2O4S. The highest BCUT2D eigenvalue weighted by atomic mass is 79.9. The van der Waals surface area contributed by atoms with Crippen LogP contribution in [0.1, 0.15) is 29.1 Å². The average Bonchev–Trinajstić information content (AvgIpc) is 2.90. The predicted molar refractivity (Wildman–Crippen MR) is 84.7 cm³/mol. The van der Waals surface area contributed by atoms with Crippen molar-refractivity contribution in [1.82, 2.24) is 4.90 Å². The van der Waals surface area contributed by atoms with E-state index < -0.39 is 10.0 Å². The van der Waals surface area contributed by atoms with Crippen LogP contribution in [0.2, 0.25) is 0 Å². The molecule has 0 saturated heterocycles. The summed E-state index contributed by atoms with van der Waals surface area (Å²) in [7, 11) is -2.07. The highest BCUT2D eigenvalue weighted by molar-refractivity contribution is 9.10. The zero-order valence-electron chi connectivity index (χ0n) is 12.0. The molecule has 2 N–H and O–H groups in total. The Hall–Kier alpha value is -1.64. The Morgan fingerprint density at radius 1 is 1.23 bits per heavy atom. The van der Waals surface area contributed by atoms with E-state index in [1.807, 2.05) is 6.92 Å². The molecule has 0 spiro atoms. The van der Waals surface area contributed by atoms with Crippen LogP contribution in [0.5, 0.6) is 0 Å². The van der Waals surface area contributed by atoms with Gasteiger partial charge in [0.05, 0.1) is 10.9 Å². The molecule has 1 aromatic carbocycles. The van der Waals surface area contributed by atoms with Crippen molar-refractivity contribution >= 4 is 31.9 Å². The molecule has 1 amide bonds. The van der Waals surface area contributed by atoms with E-state index in [1.165, 1.54) is 17.0 Å². The largest absolute Gasteiger partial charge is 0.444 e.